The number of hydrogen-bond acceptors (Lipinski definition) is 3. The lowest BCUT2D eigenvalue weighted by Gasteiger charge is -2.04. The summed E-state index contributed by atoms with van der Waals surface area (Å²) in [5.74, 6) is -0.497. The third kappa shape index (κ3) is 6.36. The van der Waals surface area contributed by atoms with Crippen molar-refractivity contribution >= 4 is 17.4 Å². The molecule has 0 aliphatic carbocycles. The lowest BCUT2D eigenvalue weighted by molar-refractivity contribution is 0.0985. The van der Waals surface area contributed by atoms with Crippen LogP contribution in [0.15, 0.2) is 24.3 Å². The minimum absolute atomic E-state index is 0.125. The van der Waals surface area contributed by atoms with Gasteiger partial charge in [0, 0.05) is 5.56 Å². The van der Waals surface area contributed by atoms with Crippen LogP contribution in [0.5, 0.6) is 0 Å². The van der Waals surface area contributed by atoms with Crippen molar-refractivity contribution in [2.75, 3.05) is 13.2 Å². The summed E-state index contributed by atoms with van der Waals surface area (Å²) in [6.45, 7) is 1.58. The van der Waals surface area contributed by atoms with Crippen LogP contribution in [0, 0.1) is 5.82 Å². The number of alkyl halides is 1. The highest BCUT2D eigenvalue weighted by Crippen LogP contribution is 2.11. The lowest BCUT2D eigenvalue weighted by Crippen LogP contribution is -2.13. The van der Waals surface area contributed by atoms with Gasteiger partial charge in [0.15, 0.2) is 5.78 Å². The molecule has 0 aromatic heterocycles. The number of aliphatic hydroxyl groups is 2. The quantitative estimate of drug-likeness (QED) is 0.645. The zero-order chi connectivity index (χ0) is 13.3. The summed E-state index contributed by atoms with van der Waals surface area (Å²) in [7, 11) is 0. The first-order valence-electron chi connectivity index (χ1n) is 5.22. The number of rotatable bonds is 4. The average molecular weight is 263 g/mol. The van der Waals surface area contributed by atoms with Crippen molar-refractivity contribution in [1.82, 2.24) is 0 Å². The molecule has 0 saturated heterocycles. The summed E-state index contributed by atoms with van der Waals surface area (Å²) in [4.78, 5) is 11.4. The average Bonchev–Trinajstić information content (AvgIpc) is 2.38. The smallest absolute Gasteiger partial charge is 0.180 e. The van der Waals surface area contributed by atoms with Gasteiger partial charge >= 0.3 is 0 Å². The van der Waals surface area contributed by atoms with E-state index in [1.807, 2.05) is 6.92 Å². The summed E-state index contributed by atoms with van der Waals surface area (Å²) in [5.41, 5.74) is 0.461. The van der Waals surface area contributed by atoms with Gasteiger partial charge in [-0.3, -0.25) is 4.79 Å². The predicted octanol–water partition coefficient (Wildman–Crippen LogP) is 2.00. The first-order valence-corrected chi connectivity index (χ1v) is 5.66. The Kier molecular flexibility index (Phi) is 8.58. The van der Waals surface area contributed by atoms with Crippen LogP contribution < -0.4 is 0 Å². The van der Waals surface area contributed by atoms with E-state index in [0.717, 1.165) is 0 Å². The molecular formula is C12H16ClFO3. The van der Waals surface area contributed by atoms with E-state index in [9.17, 15) is 9.18 Å². The van der Waals surface area contributed by atoms with Crippen LogP contribution in [0.25, 0.3) is 0 Å². The summed E-state index contributed by atoms with van der Waals surface area (Å²) < 4.78 is 12.5. The number of Topliss-reactive ketones (excluding diaryl/α,β-unsaturated/α-hetero) is 1. The Balaban J connectivity index is 0.000000557. The SMILES string of the molecule is CCC(Cl)C(=O)c1ccc(F)cc1.OCCO. The minimum Gasteiger partial charge on any atom is -0.394 e. The van der Waals surface area contributed by atoms with Crippen LogP contribution in [-0.4, -0.2) is 34.6 Å². The van der Waals surface area contributed by atoms with Crippen molar-refractivity contribution in [2.45, 2.75) is 18.7 Å². The zero-order valence-corrected chi connectivity index (χ0v) is 10.3. The molecule has 0 heterocycles. The zero-order valence-electron chi connectivity index (χ0n) is 9.57. The number of halogens is 2. The van der Waals surface area contributed by atoms with Gasteiger partial charge in [-0.15, -0.1) is 11.6 Å². The highest BCUT2D eigenvalue weighted by molar-refractivity contribution is 6.33. The molecule has 1 rings (SSSR count). The molecule has 1 aromatic carbocycles. The van der Waals surface area contributed by atoms with Gasteiger partial charge in [0.2, 0.25) is 0 Å². The third-order valence-electron chi connectivity index (χ3n) is 1.87. The highest BCUT2D eigenvalue weighted by atomic mass is 35.5. The molecule has 1 atom stereocenters. The van der Waals surface area contributed by atoms with E-state index >= 15 is 0 Å². The van der Waals surface area contributed by atoms with Crippen LogP contribution >= 0.6 is 11.6 Å². The topological polar surface area (TPSA) is 57.5 Å². The molecule has 0 bridgehead atoms. The molecule has 17 heavy (non-hydrogen) atoms. The van der Waals surface area contributed by atoms with Gasteiger partial charge < -0.3 is 10.2 Å². The summed E-state index contributed by atoms with van der Waals surface area (Å²) in [6, 6.07) is 5.41. The Morgan fingerprint density at radius 3 is 2.12 bits per heavy atom. The van der Waals surface area contributed by atoms with Crippen LogP contribution in [0.2, 0.25) is 0 Å². The molecule has 0 radical (unpaired) electrons. The Morgan fingerprint density at radius 2 is 1.76 bits per heavy atom. The highest BCUT2D eigenvalue weighted by Gasteiger charge is 2.14. The maximum Gasteiger partial charge on any atom is 0.180 e. The fourth-order valence-corrected chi connectivity index (χ4v) is 1.11. The summed E-state index contributed by atoms with van der Waals surface area (Å²) >= 11 is 5.75. The standard InChI is InChI=1S/C10H10ClFO.C2H6O2/c1-2-9(11)10(13)7-3-5-8(12)6-4-7;3-1-2-4/h3-6,9H,2H2,1H3;3-4H,1-2H2. The lowest BCUT2D eigenvalue weighted by atomic mass is 10.1. The second-order valence-electron chi connectivity index (χ2n) is 3.19. The van der Waals surface area contributed by atoms with Gasteiger partial charge in [0.25, 0.3) is 0 Å². The van der Waals surface area contributed by atoms with E-state index in [1.54, 1.807) is 0 Å². The summed E-state index contributed by atoms with van der Waals surface area (Å²) in [6.07, 6.45) is 0.581. The predicted molar refractivity (Wildman–Crippen MR) is 64.8 cm³/mol. The maximum atomic E-state index is 12.5. The number of benzene rings is 1. The first kappa shape index (κ1) is 16.0. The molecule has 5 heteroatoms. The molecular weight excluding hydrogens is 247 g/mol. The molecule has 0 aliphatic heterocycles. The minimum atomic E-state index is -0.509. The number of hydrogen-bond donors (Lipinski definition) is 2. The molecule has 96 valence electrons. The second kappa shape index (κ2) is 9.10. The Morgan fingerprint density at radius 1 is 1.29 bits per heavy atom. The van der Waals surface area contributed by atoms with Crippen LogP contribution in [0.4, 0.5) is 4.39 Å². The Hall–Kier alpha value is -0.970. The van der Waals surface area contributed by atoms with Crippen LogP contribution in [0.1, 0.15) is 23.7 Å². The van der Waals surface area contributed by atoms with Crippen molar-refractivity contribution in [3.8, 4) is 0 Å². The molecule has 0 fully saturated rings. The molecule has 1 unspecified atom stereocenters. The molecule has 0 saturated carbocycles. The number of carbonyl (C=O) groups excluding carboxylic acids is 1. The molecule has 1 aromatic rings. The van der Waals surface area contributed by atoms with E-state index in [1.165, 1.54) is 24.3 Å². The van der Waals surface area contributed by atoms with Crippen LogP contribution in [-0.2, 0) is 0 Å². The first-order chi connectivity index (χ1) is 8.06. The fourth-order valence-electron chi connectivity index (χ4n) is 0.980. The van der Waals surface area contributed by atoms with Crippen LogP contribution in [0.3, 0.4) is 0 Å². The third-order valence-corrected chi connectivity index (χ3v) is 2.38. The molecule has 3 nitrogen and oxygen atoms in total. The van der Waals surface area contributed by atoms with Gasteiger partial charge in [-0.2, -0.15) is 0 Å². The monoisotopic (exact) mass is 262 g/mol. The number of ketones is 1. The van der Waals surface area contributed by atoms with Crippen molar-refractivity contribution < 1.29 is 19.4 Å². The van der Waals surface area contributed by atoms with E-state index in [4.69, 9.17) is 21.8 Å². The second-order valence-corrected chi connectivity index (χ2v) is 3.72. The number of carbonyl (C=O) groups is 1. The van der Waals surface area contributed by atoms with Gasteiger partial charge in [-0.1, -0.05) is 6.92 Å². The van der Waals surface area contributed by atoms with Crippen molar-refractivity contribution in [3.63, 3.8) is 0 Å². The van der Waals surface area contributed by atoms with Gasteiger partial charge in [-0.25, -0.2) is 4.39 Å². The largest absolute Gasteiger partial charge is 0.394 e. The Labute approximate surface area is 105 Å². The Bertz CT molecular complexity index is 325. The normalized spacial score (nSPS) is 11.4. The molecule has 0 amide bonds. The van der Waals surface area contributed by atoms with Gasteiger partial charge in [0.1, 0.15) is 5.82 Å². The molecule has 2 N–H and O–H groups in total. The molecule has 0 aliphatic rings. The van der Waals surface area contributed by atoms with Crippen molar-refractivity contribution in [1.29, 1.82) is 0 Å². The van der Waals surface area contributed by atoms with Crippen molar-refractivity contribution in [3.05, 3.63) is 35.6 Å². The summed E-state index contributed by atoms with van der Waals surface area (Å²) in [5, 5.41) is 14.7. The maximum absolute atomic E-state index is 12.5. The van der Waals surface area contributed by atoms with Gasteiger partial charge in [-0.05, 0) is 30.7 Å². The van der Waals surface area contributed by atoms with Gasteiger partial charge in [0.05, 0.1) is 18.6 Å². The fraction of sp³-hybridized carbons (Fsp3) is 0.417. The number of aliphatic hydroxyl groups excluding tert-OH is 2. The molecule has 0 spiro atoms. The van der Waals surface area contributed by atoms with E-state index in [2.05, 4.69) is 0 Å². The van der Waals surface area contributed by atoms with E-state index in [0.29, 0.717) is 12.0 Å². The van der Waals surface area contributed by atoms with E-state index < -0.39 is 5.38 Å². The van der Waals surface area contributed by atoms with E-state index in [-0.39, 0.29) is 24.8 Å². The van der Waals surface area contributed by atoms with Crippen molar-refractivity contribution in [2.24, 2.45) is 0 Å².